The largest absolute Gasteiger partial charge is 0.460 e. The average molecular weight is 198 g/mol. The molecule has 1 aliphatic carbocycles. The fraction of sp³-hybridized carbons (Fsp3) is 0.727. The van der Waals surface area contributed by atoms with Crippen LogP contribution >= 0.6 is 0 Å². The molecule has 0 saturated heterocycles. The van der Waals surface area contributed by atoms with Crippen LogP contribution in [0.1, 0.15) is 32.6 Å². The minimum Gasteiger partial charge on any atom is -0.460 e. The van der Waals surface area contributed by atoms with Crippen LogP contribution in [0.5, 0.6) is 0 Å². The summed E-state index contributed by atoms with van der Waals surface area (Å²) in [6, 6.07) is 0. The van der Waals surface area contributed by atoms with Crippen molar-refractivity contribution in [3.8, 4) is 0 Å². The van der Waals surface area contributed by atoms with Gasteiger partial charge in [-0.15, -0.1) is 6.58 Å². The first-order chi connectivity index (χ1) is 6.67. The highest BCUT2D eigenvalue weighted by Gasteiger charge is 2.30. The van der Waals surface area contributed by atoms with Gasteiger partial charge < -0.3 is 9.84 Å². The molecule has 3 heteroatoms. The maximum atomic E-state index is 11.0. The van der Waals surface area contributed by atoms with Crippen molar-refractivity contribution in [1.82, 2.24) is 0 Å². The van der Waals surface area contributed by atoms with Crippen molar-refractivity contribution in [2.45, 2.75) is 44.8 Å². The van der Waals surface area contributed by atoms with Crippen molar-refractivity contribution in [2.75, 3.05) is 0 Å². The monoisotopic (exact) mass is 198 g/mol. The van der Waals surface area contributed by atoms with Crippen LogP contribution in [-0.2, 0) is 9.53 Å². The molecule has 0 aromatic heterocycles. The lowest BCUT2D eigenvalue weighted by Gasteiger charge is -2.31. The Kier molecular flexibility index (Phi) is 4.14. The van der Waals surface area contributed by atoms with Gasteiger partial charge in [-0.05, 0) is 25.2 Å². The molecule has 3 unspecified atom stereocenters. The maximum absolute atomic E-state index is 11.0. The molecule has 0 aromatic carbocycles. The predicted molar refractivity (Wildman–Crippen MR) is 53.7 cm³/mol. The van der Waals surface area contributed by atoms with Crippen molar-refractivity contribution in [2.24, 2.45) is 5.92 Å². The molecule has 80 valence electrons. The van der Waals surface area contributed by atoms with Gasteiger partial charge in [0.25, 0.3) is 0 Å². The highest BCUT2D eigenvalue weighted by Crippen LogP contribution is 2.27. The summed E-state index contributed by atoms with van der Waals surface area (Å²) in [6.07, 6.45) is 3.74. The van der Waals surface area contributed by atoms with Crippen molar-refractivity contribution in [1.29, 1.82) is 0 Å². The van der Waals surface area contributed by atoms with Crippen LogP contribution in [0.15, 0.2) is 12.7 Å². The van der Waals surface area contributed by atoms with E-state index in [1.165, 1.54) is 0 Å². The van der Waals surface area contributed by atoms with Crippen molar-refractivity contribution >= 4 is 5.97 Å². The minimum absolute atomic E-state index is 0.230. The Morgan fingerprint density at radius 2 is 2.36 bits per heavy atom. The zero-order valence-corrected chi connectivity index (χ0v) is 8.61. The lowest BCUT2D eigenvalue weighted by Crippen LogP contribution is -2.36. The summed E-state index contributed by atoms with van der Waals surface area (Å²) in [5.74, 6) is 0.132. The molecule has 0 amide bonds. The van der Waals surface area contributed by atoms with Gasteiger partial charge in [0, 0.05) is 6.42 Å². The van der Waals surface area contributed by atoms with Gasteiger partial charge in [0.05, 0.1) is 6.10 Å². The molecule has 0 radical (unpaired) electrons. The SMILES string of the molecule is C=CC1CCC(OC(=O)CC)C(O)C1. The van der Waals surface area contributed by atoms with Gasteiger partial charge in [-0.25, -0.2) is 0 Å². The van der Waals surface area contributed by atoms with E-state index < -0.39 is 6.10 Å². The second-order valence-electron chi connectivity index (χ2n) is 3.76. The molecule has 1 rings (SSSR count). The standard InChI is InChI=1S/C11H18O3/c1-3-8-5-6-10(9(12)7-8)14-11(13)4-2/h3,8-10,12H,1,4-7H2,2H3. The summed E-state index contributed by atoms with van der Waals surface area (Å²) >= 11 is 0. The summed E-state index contributed by atoms with van der Waals surface area (Å²) in [5, 5.41) is 9.69. The van der Waals surface area contributed by atoms with Gasteiger partial charge in [0.15, 0.2) is 0 Å². The van der Waals surface area contributed by atoms with Crippen LogP contribution < -0.4 is 0 Å². The first-order valence-electron chi connectivity index (χ1n) is 5.17. The zero-order chi connectivity index (χ0) is 10.6. The highest BCUT2D eigenvalue weighted by atomic mass is 16.6. The molecule has 0 aliphatic heterocycles. The molecule has 0 spiro atoms. The van der Waals surface area contributed by atoms with Crippen molar-refractivity contribution in [3.63, 3.8) is 0 Å². The van der Waals surface area contributed by atoms with Crippen LogP contribution in [0.4, 0.5) is 0 Å². The number of hydrogen-bond donors (Lipinski definition) is 1. The molecular formula is C11H18O3. The minimum atomic E-state index is -0.526. The van der Waals surface area contributed by atoms with E-state index >= 15 is 0 Å². The smallest absolute Gasteiger partial charge is 0.305 e. The Bertz CT molecular complexity index is 213. The van der Waals surface area contributed by atoms with Crippen molar-refractivity contribution < 1.29 is 14.6 Å². The molecule has 1 saturated carbocycles. The van der Waals surface area contributed by atoms with E-state index in [4.69, 9.17) is 4.74 Å². The highest BCUT2D eigenvalue weighted by molar-refractivity contribution is 5.69. The Hall–Kier alpha value is -0.830. The van der Waals surface area contributed by atoms with Crippen LogP contribution in [0.3, 0.4) is 0 Å². The lowest BCUT2D eigenvalue weighted by molar-refractivity contribution is -0.157. The Balaban J connectivity index is 2.41. The Morgan fingerprint density at radius 3 is 2.86 bits per heavy atom. The third kappa shape index (κ3) is 2.84. The molecule has 3 atom stereocenters. The molecule has 3 nitrogen and oxygen atoms in total. The lowest BCUT2D eigenvalue weighted by atomic mass is 9.85. The second kappa shape index (κ2) is 5.15. The summed E-state index contributed by atoms with van der Waals surface area (Å²) in [4.78, 5) is 11.0. The number of hydrogen-bond acceptors (Lipinski definition) is 3. The van der Waals surface area contributed by atoms with Gasteiger partial charge >= 0.3 is 5.97 Å². The third-order valence-corrected chi connectivity index (χ3v) is 2.70. The molecule has 0 heterocycles. The molecule has 0 bridgehead atoms. The second-order valence-corrected chi connectivity index (χ2v) is 3.76. The number of rotatable bonds is 3. The van der Waals surface area contributed by atoms with Crippen LogP contribution in [0, 0.1) is 5.92 Å². The van der Waals surface area contributed by atoms with E-state index in [0.29, 0.717) is 18.8 Å². The maximum Gasteiger partial charge on any atom is 0.305 e. The Morgan fingerprint density at radius 1 is 1.64 bits per heavy atom. The third-order valence-electron chi connectivity index (χ3n) is 2.70. The number of allylic oxidation sites excluding steroid dienone is 1. The average Bonchev–Trinajstić information content (AvgIpc) is 2.20. The van der Waals surface area contributed by atoms with Gasteiger partial charge in [0.1, 0.15) is 6.10 Å². The van der Waals surface area contributed by atoms with Crippen molar-refractivity contribution in [3.05, 3.63) is 12.7 Å². The number of esters is 1. The summed E-state index contributed by atoms with van der Waals surface area (Å²) in [7, 11) is 0. The van der Waals surface area contributed by atoms with Crippen LogP contribution in [0.2, 0.25) is 0 Å². The quantitative estimate of drug-likeness (QED) is 0.554. The number of carbonyl (C=O) groups excluding carboxylic acids is 1. The van der Waals surface area contributed by atoms with Gasteiger partial charge in [0.2, 0.25) is 0 Å². The van der Waals surface area contributed by atoms with E-state index in [1.807, 2.05) is 6.08 Å². The Labute approximate surface area is 84.8 Å². The van der Waals surface area contributed by atoms with E-state index in [9.17, 15) is 9.90 Å². The zero-order valence-electron chi connectivity index (χ0n) is 8.61. The van der Waals surface area contributed by atoms with E-state index in [1.54, 1.807) is 6.92 Å². The van der Waals surface area contributed by atoms with Gasteiger partial charge in [-0.3, -0.25) is 4.79 Å². The predicted octanol–water partition coefficient (Wildman–Crippen LogP) is 1.66. The summed E-state index contributed by atoms with van der Waals surface area (Å²) in [6.45, 7) is 5.46. The number of carbonyl (C=O) groups is 1. The molecular weight excluding hydrogens is 180 g/mol. The summed E-state index contributed by atoms with van der Waals surface area (Å²) in [5.41, 5.74) is 0. The normalized spacial score (nSPS) is 32.3. The number of aliphatic hydroxyl groups excluding tert-OH is 1. The van der Waals surface area contributed by atoms with Gasteiger partial charge in [-0.2, -0.15) is 0 Å². The summed E-state index contributed by atoms with van der Waals surface area (Å²) < 4.78 is 5.12. The molecule has 1 N–H and O–H groups in total. The molecule has 1 aliphatic rings. The van der Waals surface area contributed by atoms with Gasteiger partial charge in [-0.1, -0.05) is 13.0 Å². The fourth-order valence-corrected chi connectivity index (χ4v) is 1.75. The fourth-order valence-electron chi connectivity index (χ4n) is 1.75. The number of ether oxygens (including phenoxy) is 1. The molecule has 1 fully saturated rings. The number of aliphatic hydroxyl groups is 1. The van der Waals surface area contributed by atoms with E-state index in [-0.39, 0.29) is 12.1 Å². The molecule has 14 heavy (non-hydrogen) atoms. The topological polar surface area (TPSA) is 46.5 Å². The van der Waals surface area contributed by atoms with Crippen LogP contribution in [-0.4, -0.2) is 23.3 Å². The first-order valence-corrected chi connectivity index (χ1v) is 5.17. The van der Waals surface area contributed by atoms with E-state index in [0.717, 1.165) is 12.8 Å². The molecule has 0 aromatic rings. The van der Waals surface area contributed by atoms with Crippen LogP contribution in [0.25, 0.3) is 0 Å². The van der Waals surface area contributed by atoms with E-state index in [2.05, 4.69) is 6.58 Å². The first kappa shape index (κ1) is 11.2.